The second kappa shape index (κ2) is 10.8. The molecule has 29 heavy (non-hydrogen) atoms. The lowest BCUT2D eigenvalue weighted by Crippen LogP contribution is -2.47. The average molecular weight is 405 g/mol. The number of ether oxygens (including phenoxy) is 2. The van der Waals surface area contributed by atoms with Gasteiger partial charge < -0.3 is 19.7 Å². The van der Waals surface area contributed by atoms with Gasteiger partial charge in [-0.3, -0.25) is 14.4 Å². The van der Waals surface area contributed by atoms with Crippen LogP contribution < -0.4 is 10.1 Å². The van der Waals surface area contributed by atoms with Gasteiger partial charge in [-0.25, -0.2) is 0 Å². The number of carbonyl (C=O) groups is 3. The van der Waals surface area contributed by atoms with Gasteiger partial charge in [-0.15, -0.1) is 0 Å². The van der Waals surface area contributed by atoms with Crippen molar-refractivity contribution in [1.29, 1.82) is 0 Å². The molecule has 1 aromatic carbocycles. The van der Waals surface area contributed by atoms with Crippen molar-refractivity contribution in [3.8, 4) is 5.75 Å². The number of likely N-dealkylation sites (N-methyl/N-ethyl adjacent to an activating group) is 1. The van der Waals surface area contributed by atoms with Gasteiger partial charge in [0.15, 0.2) is 6.10 Å². The normalized spacial score (nSPS) is 20.1. The number of methoxy groups -OCH3 is 1. The van der Waals surface area contributed by atoms with E-state index in [1.807, 2.05) is 31.2 Å². The highest BCUT2D eigenvalue weighted by atomic mass is 16.5. The highest BCUT2D eigenvalue weighted by Crippen LogP contribution is 2.38. The molecule has 1 N–H and O–H groups in total. The number of rotatable bonds is 9. The van der Waals surface area contributed by atoms with Gasteiger partial charge in [0.1, 0.15) is 5.75 Å². The van der Waals surface area contributed by atoms with Gasteiger partial charge in [0.25, 0.3) is 5.91 Å². The molecule has 0 aliphatic carbocycles. The number of amides is 2. The molecule has 1 saturated heterocycles. The second-order valence-corrected chi connectivity index (χ2v) is 7.28. The van der Waals surface area contributed by atoms with E-state index in [0.717, 1.165) is 18.4 Å². The Hall–Kier alpha value is -2.57. The Labute approximate surface area is 172 Å². The second-order valence-electron chi connectivity index (χ2n) is 7.28. The van der Waals surface area contributed by atoms with Crippen LogP contribution in [0.2, 0.25) is 0 Å². The number of esters is 1. The smallest absolute Gasteiger partial charge is 0.312 e. The lowest BCUT2D eigenvalue weighted by molar-refractivity contribution is -0.165. The number of hydrogen-bond donors (Lipinski definition) is 1. The van der Waals surface area contributed by atoms with Crippen molar-refractivity contribution in [2.45, 2.75) is 58.6 Å². The van der Waals surface area contributed by atoms with E-state index in [1.54, 1.807) is 18.9 Å². The summed E-state index contributed by atoms with van der Waals surface area (Å²) in [6, 6.07) is 7.00. The highest BCUT2D eigenvalue weighted by molar-refractivity contribution is 5.86. The molecular formula is C22H32N2O5. The van der Waals surface area contributed by atoms with Crippen LogP contribution in [0.15, 0.2) is 24.3 Å². The lowest BCUT2D eigenvalue weighted by atomic mass is 9.84. The highest BCUT2D eigenvalue weighted by Gasteiger charge is 2.42. The van der Waals surface area contributed by atoms with Crippen molar-refractivity contribution in [1.82, 2.24) is 10.2 Å². The maximum atomic E-state index is 13.0. The van der Waals surface area contributed by atoms with Crippen LogP contribution in [0, 0.1) is 5.92 Å². The van der Waals surface area contributed by atoms with E-state index in [0.29, 0.717) is 31.7 Å². The fourth-order valence-corrected chi connectivity index (χ4v) is 3.64. The third-order valence-corrected chi connectivity index (χ3v) is 5.23. The summed E-state index contributed by atoms with van der Waals surface area (Å²) in [7, 11) is 1.59. The zero-order valence-electron chi connectivity index (χ0n) is 17.8. The van der Waals surface area contributed by atoms with Crippen molar-refractivity contribution in [2.24, 2.45) is 5.92 Å². The van der Waals surface area contributed by atoms with Crippen molar-refractivity contribution >= 4 is 17.8 Å². The minimum atomic E-state index is -0.874. The van der Waals surface area contributed by atoms with E-state index in [9.17, 15) is 14.4 Å². The van der Waals surface area contributed by atoms with E-state index in [1.165, 1.54) is 0 Å². The van der Waals surface area contributed by atoms with Crippen LogP contribution in [-0.2, 0) is 19.1 Å². The van der Waals surface area contributed by atoms with Gasteiger partial charge in [-0.2, -0.15) is 0 Å². The van der Waals surface area contributed by atoms with Gasteiger partial charge in [-0.1, -0.05) is 25.5 Å². The van der Waals surface area contributed by atoms with Crippen LogP contribution in [0.3, 0.4) is 0 Å². The predicted octanol–water partition coefficient (Wildman–Crippen LogP) is 2.84. The van der Waals surface area contributed by atoms with Gasteiger partial charge in [-0.05, 0) is 44.4 Å². The number of unbranched alkanes of at least 4 members (excludes halogenated alkanes) is 1. The summed E-state index contributed by atoms with van der Waals surface area (Å²) in [5.41, 5.74) is 0.863. The molecule has 0 saturated carbocycles. The Kier molecular flexibility index (Phi) is 8.49. The molecule has 7 heteroatoms. The van der Waals surface area contributed by atoms with Gasteiger partial charge in [0.2, 0.25) is 5.91 Å². The summed E-state index contributed by atoms with van der Waals surface area (Å²) in [4.78, 5) is 39.4. The average Bonchev–Trinajstić information content (AvgIpc) is 2.72. The summed E-state index contributed by atoms with van der Waals surface area (Å²) < 4.78 is 10.7. The zero-order valence-corrected chi connectivity index (χ0v) is 17.8. The third kappa shape index (κ3) is 5.71. The molecule has 0 unspecified atom stereocenters. The Bertz CT molecular complexity index is 704. The molecule has 0 bridgehead atoms. The molecule has 7 nitrogen and oxygen atoms in total. The van der Waals surface area contributed by atoms with Crippen LogP contribution in [-0.4, -0.2) is 49.0 Å². The molecule has 160 valence electrons. The monoisotopic (exact) mass is 404 g/mol. The summed E-state index contributed by atoms with van der Waals surface area (Å²) in [6.07, 6.45) is 1.63. The van der Waals surface area contributed by atoms with Crippen LogP contribution in [0.5, 0.6) is 5.75 Å². The molecule has 1 aliphatic rings. The van der Waals surface area contributed by atoms with E-state index in [4.69, 9.17) is 9.47 Å². The molecule has 0 spiro atoms. The Balaban J connectivity index is 2.29. The largest absolute Gasteiger partial charge is 0.497 e. The zero-order chi connectivity index (χ0) is 21.4. The van der Waals surface area contributed by atoms with Gasteiger partial charge in [0.05, 0.1) is 19.1 Å². The number of hydrogen-bond acceptors (Lipinski definition) is 5. The summed E-state index contributed by atoms with van der Waals surface area (Å²) in [6.45, 7) is 6.49. The number of carbonyl (C=O) groups excluding carboxylic acids is 3. The quantitative estimate of drug-likeness (QED) is 0.640. The lowest BCUT2D eigenvalue weighted by Gasteiger charge is -2.40. The maximum Gasteiger partial charge on any atom is 0.312 e. The topological polar surface area (TPSA) is 84.9 Å². The van der Waals surface area contributed by atoms with E-state index < -0.39 is 24.0 Å². The van der Waals surface area contributed by atoms with Crippen molar-refractivity contribution in [3.63, 3.8) is 0 Å². The van der Waals surface area contributed by atoms with Crippen LogP contribution in [0.25, 0.3) is 0 Å². The summed E-state index contributed by atoms with van der Waals surface area (Å²) in [5.74, 6) is -0.537. The molecule has 0 aromatic heterocycles. The van der Waals surface area contributed by atoms with Crippen LogP contribution >= 0.6 is 0 Å². The Morgan fingerprint density at radius 2 is 1.93 bits per heavy atom. The third-order valence-electron chi connectivity index (χ3n) is 5.23. The molecule has 1 heterocycles. The molecule has 0 radical (unpaired) electrons. The SMILES string of the molecule is CCCCN1C(=O)CC[C@H](C(=O)O[C@@H](C)C(=O)NCC)[C@H]1c1ccc(OC)cc1. The first kappa shape index (κ1) is 22.7. The summed E-state index contributed by atoms with van der Waals surface area (Å²) >= 11 is 0. The minimum absolute atomic E-state index is 0.0418. The van der Waals surface area contributed by atoms with Crippen LogP contribution in [0.4, 0.5) is 0 Å². The van der Waals surface area contributed by atoms with Crippen molar-refractivity contribution in [3.05, 3.63) is 29.8 Å². The number of nitrogens with zero attached hydrogens (tertiary/aromatic N) is 1. The number of likely N-dealkylation sites (tertiary alicyclic amines) is 1. The summed E-state index contributed by atoms with van der Waals surface area (Å²) in [5, 5.41) is 2.66. The van der Waals surface area contributed by atoms with Crippen molar-refractivity contribution in [2.75, 3.05) is 20.2 Å². The molecule has 1 fully saturated rings. The van der Waals surface area contributed by atoms with E-state index >= 15 is 0 Å². The number of nitrogens with one attached hydrogen (secondary N) is 1. The standard InChI is InChI=1S/C22H32N2O5/c1-5-7-14-24-19(25)13-12-18(22(27)29-15(3)21(26)23-6-2)20(24)16-8-10-17(28-4)11-9-16/h8-11,15,18,20H,5-7,12-14H2,1-4H3,(H,23,26)/t15-,18-,20+/m0/s1. The first-order chi connectivity index (χ1) is 13.9. The van der Waals surface area contributed by atoms with Crippen molar-refractivity contribution < 1.29 is 23.9 Å². The first-order valence-corrected chi connectivity index (χ1v) is 10.3. The predicted molar refractivity (Wildman–Crippen MR) is 109 cm³/mol. The molecule has 1 aliphatic heterocycles. The fraction of sp³-hybridized carbons (Fsp3) is 0.591. The number of piperidine rings is 1. The fourth-order valence-electron chi connectivity index (χ4n) is 3.64. The minimum Gasteiger partial charge on any atom is -0.497 e. The van der Waals surface area contributed by atoms with E-state index in [-0.39, 0.29) is 11.8 Å². The van der Waals surface area contributed by atoms with Crippen LogP contribution in [0.1, 0.15) is 58.1 Å². The number of benzene rings is 1. The first-order valence-electron chi connectivity index (χ1n) is 10.3. The molecule has 1 aromatic rings. The van der Waals surface area contributed by atoms with Gasteiger partial charge in [0, 0.05) is 19.5 Å². The molecule has 2 amide bonds. The van der Waals surface area contributed by atoms with E-state index in [2.05, 4.69) is 12.2 Å². The molecule has 2 rings (SSSR count). The van der Waals surface area contributed by atoms with Gasteiger partial charge >= 0.3 is 5.97 Å². The molecule has 3 atom stereocenters. The Morgan fingerprint density at radius 1 is 1.24 bits per heavy atom. The molecular weight excluding hydrogens is 372 g/mol. The Morgan fingerprint density at radius 3 is 2.52 bits per heavy atom. The maximum absolute atomic E-state index is 13.0.